The summed E-state index contributed by atoms with van der Waals surface area (Å²) in [7, 11) is 1.28. The third-order valence-corrected chi connectivity index (χ3v) is 1.53. The largest absolute Gasteiger partial charge is 0.466 e. The van der Waals surface area contributed by atoms with Gasteiger partial charge in [0.25, 0.3) is 0 Å². The quantitative estimate of drug-likeness (QED) is 0.490. The minimum Gasteiger partial charge on any atom is -0.466 e. The maximum atomic E-state index is 10.9. The molecule has 2 unspecified atom stereocenters. The molecule has 0 aliphatic carbocycles. The van der Waals surface area contributed by atoms with Crippen LogP contribution in [-0.2, 0) is 9.53 Å². The monoisotopic (exact) mass is 188 g/mol. The van der Waals surface area contributed by atoms with Gasteiger partial charge in [0, 0.05) is 12.0 Å². The summed E-state index contributed by atoms with van der Waals surface area (Å²) in [6.07, 6.45) is 0.197. The molecule has 2 atom stereocenters. The highest BCUT2D eigenvalue weighted by molar-refractivity contribution is 5.87. The van der Waals surface area contributed by atoms with Crippen LogP contribution in [0.3, 0.4) is 0 Å². The standard InChI is InChI=1S/C9H16O4/c1-6(9(12)13-3)4-8(11)5-7(2)10/h4,7-8,10-11H,5H2,1-3H3. The van der Waals surface area contributed by atoms with Crippen LogP contribution in [0.1, 0.15) is 20.3 Å². The summed E-state index contributed by atoms with van der Waals surface area (Å²) >= 11 is 0. The summed E-state index contributed by atoms with van der Waals surface area (Å²) in [4.78, 5) is 10.9. The molecule has 0 aromatic rings. The molecule has 0 aromatic heterocycles. The number of ether oxygens (including phenoxy) is 1. The zero-order valence-corrected chi connectivity index (χ0v) is 8.15. The van der Waals surface area contributed by atoms with Gasteiger partial charge in [-0.2, -0.15) is 0 Å². The van der Waals surface area contributed by atoms with Gasteiger partial charge in [0.15, 0.2) is 0 Å². The van der Waals surface area contributed by atoms with Crippen LogP contribution in [0.2, 0.25) is 0 Å². The number of aliphatic hydroxyl groups excluding tert-OH is 2. The fourth-order valence-corrected chi connectivity index (χ4v) is 0.935. The van der Waals surface area contributed by atoms with Gasteiger partial charge >= 0.3 is 5.97 Å². The van der Waals surface area contributed by atoms with Crippen molar-refractivity contribution >= 4 is 5.97 Å². The first-order valence-corrected chi connectivity index (χ1v) is 4.10. The van der Waals surface area contributed by atoms with Crippen molar-refractivity contribution in [2.24, 2.45) is 0 Å². The molecule has 0 rings (SSSR count). The molecule has 4 heteroatoms. The number of aliphatic hydroxyl groups is 2. The topological polar surface area (TPSA) is 66.8 Å². The maximum absolute atomic E-state index is 10.9. The van der Waals surface area contributed by atoms with Crippen LogP contribution in [0.15, 0.2) is 11.6 Å². The average molecular weight is 188 g/mol. The molecule has 0 fully saturated rings. The molecule has 0 heterocycles. The SMILES string of the molecule is COC(=O)C(C)=CC(O)CC(C)O. The van der Waals surface area contributed by atoms with E-state index in [0.717, 1.165) is 0 Å². The molecule has 0 saturated heterocycles. The summed E-state index contributed by atoms with van der Waals surface area (Å²) in [5.41, 5.74) is 0.343. The third-order valence-electron chi connectivity index (χ3n) is 1.53. The minimum atomic E-state index is -0.806. The number of carbonyl (C=O) groups excluding carboxylic acids is 1. The highest BCUT2D eigenvalue weighted by atomic mass is 16.5. The van der Waals surface area contributed by atoms with Crippen LogP contribution in [0.25, 0.3) is 0 Å². The molecular formula is C9H16O4. The van der Waals surface area contributed by atoms with Crippen molar-refractivity contribution in [2.75, 3.05) is 7.11 Å². The summed E-state index contributed by atoms with van der Waals surface area (Å²) < 4.78 is 4.44. The second kappa shape index (κ2) is 5.72. The zero-order valence-electron chi connectivity index (χ0n) is 8.15. The molecule has 13 heavy (non-hydrogen) atoms. The fraction of sp³-hybridized carbons (Fsp3) is 0.667. The van der Waals surface area contributed by atoms with E-state index in [4.69, 9.17) is 5.11 Å². The second-order valence-corrected chi connectivity index (χ2v) is 2.99. The first-order chi connectivity index (χ1) is 5.97. The maximum Gasteiger partial charge on any atom is 0.333 e. The van der Waals surface area contributed by atoms with E-state index >= 15 is 0 Å². The number of esters is 1. The molecular weight excluding hydrogens is 172 g/mol. The van der Waals surface area contributed by atoms with E-state index < -0.39 is 18.2 Å². The molecule has 76 valence electrons. The first-order valence-electron chi connectivity index (χ1n) is 4.10. The van der Waals surface area contributed by atoms with E-state index in [1.54, 1.807) is 13.8 Å². The molecule has 0 aromatic carbocycles. The molecule has 2 N–H and O–H groups in total. The van der Waals surface area contributed by atoms with E-state index in [1.165, 1.54) is 13.2 Å². The minimum absolute atomic E-state index is 0.217. The van der Waals surface area contributed by atoms with Gasteiger partial charge in [0.2, 0.25) is 0 Å². The van der Waals surface area contributed by atoms with Crippen LogP contribution >= 0.6 is 0 Å². The molecule has 0 aliphatic rings. The lowest BCUT2D eigenvalue weighted by atomic mass is 10.1. The van der Waals surface area contributed by atoms with Crippen LogP contribution in [0.5, 0.6) is 0 Å². The van der Waals surface area contributed by atoms with Crippen LogP contribution in [0.4, 0.5) is 0 Å². The number of methoxy groups -OCH3 is 1. The molecule has 0 spiro atoms. The Bertz CT molecular complexity index is 196. The van der Waals surface area contributed by atoms with Crippen molar-refractivity contribution in [3.63, 3.8) is 0 Å². The van der Waals surface area contributed by atoms with Gasteiger partial charge in [-0.25, -0.2) is 4.79 Å². The van der Waals surface area contributed by atoms with Crippen LogP contribution < -0.4 is 0 Å². The smallest absolute Gasteiger partial charge is 0.333 e. The summed E-state index contributed by atoms with van der Waals surface area (Å²) in [6, 6.07) is 0. The third kappa shape index (κ3) is 5.38. The van der Waals surface area contributed by atoms with Gasteiger partial charge in [0.05, 0.1) is 19.3 Å². The lowest BCUT2D eigenvalue weighted by molar-refractivity contribution is -0.136. The lowest BCUT2D eigenvalue weighted by Gasteiger charge is -2.08. The fourth-order valence-electron chi connectivity index (χ4n) is 0.935. The Morgan fingerprint density at radius 3 is 2.46 bits per heavy atom. The van der Waals surface area contributed by atoms with Crippen molar-refractivity contribution < 1.29 is 19.7 Å². The lowest BCUT2D eigenvalue weighted by Crippen LogP contribution is -2.14. The summed E-state index contributed by atoms with van der Waals surface area (Å²) in [5.74, 6) is -0.468. The van der Waals surface area contributed by atoms with Gasteiger partial charge in [-0.15, -0.1) is 0 Å². The highest BCUT2D eigenvalue weighted by Gasteiger charge is 2.09. The van der Waals surface area contributed by atoms with E-state index in [1.807, 2.05) is 0 Å². The van der Waals surface area contributed by atoms with Crippen LogP contribution in [-0.4, -0.2) is 35.5 Å². The molecule has 0 saturated carbocycles. The van der Waals surface area contributed by atoms with Crippen LogP contribution in [0, 0.1) is 0 Å². The van der Waals surface area contributed by atoms with Crippen molar-refractivity contribution in [2.45, 2.75) is 32.5 Å². The number of carbonyl (C=O) groups is 1. The van der Waals surface area contributed by atoms with Gasteiger partial charge in [-0.05, 0) is 19.9 Å². The first kappa shape index (κ1) is 12.1. The van der Waals surface area contributed by atoms with Crippen molar-refractivity contribution in [1.82, 2.24) is 0 Å². The highest BCUT2D eigenvalue weighted by Crippen LogP contribution is 2.04. The molecule has 0 amide bonds. The average Bonchev–Trinajstić information content (AvgIpc) is 2.01. The van der Waals surface area contributed by atoms with Gasteiger partial charge < -0.3 is 14.9 Å². The van der Waals surface area contributed by atoms with E-state index in [0.29, 0.717) is 5.57 Å². The normalized spacial score (nSPS) is 16.5. The number of rotatable bonds is 4. The Labute approximate surface area is 77.8 Å². The Balaban J connectivity index is 4.13. The molecule has 0 aliphatic heterocycles. The number of hydrogen-bond donors (Lipinski definition) is 2. The molecule has 0 radical (unpaired) electrons. The van der Waals surface area contributed by atoms with Crippen molar-refractivity contribution in [3.8, 4) is 0 Å². The van der Waals surface area contributed by atoms with E-state index in [2.05, 4.69) is 4.74 Å². The van der Waals surface area contributed by atoms with E-state index in [-0.39, 0.29) is 6.42 Å². The predicted molar refractivity (Wildman–Crippen MR) is 48.1 cm³/mol. The second-order valence-electron chi connectivity index (χ2n) is 2.99. The Kier molecular flexibility index (Phi) is 5.34. The number of hydrogen-bond acceptors (Lipinski definition) is 4. The van der Waals surface area contributed by atoms with E-state index in [9.17, 15) is 9.90 Å². The Hall–Kier alpha value is -0.870. The van der Waals surface area contributed by atoms with Gasteiger partial charge in [-0.1, -0.05) is 0 Å². The molecule has 0 bridgehead atoms. The Morgan fingerprint density at radius 1 is 1.54 bits per heavy atom. The summed E-state index contributed by atoms with van der Waals surface area (Å²) in [5, 5.41) is 18.2. The zero-order chi connectivity index (χ0) is 10.4. The predicted octanol–water partition coefficient (Wildman–Crippen LogP) is 0.237. The van der Waals surface area contributed by atoms with Gasteiger partial charge in [-0.3, -0.25) is 0 Å². The van der Waals surface area contributed by atoms with Gasteiger partial charge in [0.1, 0.15) is 0 Å². The van der Waals surface area contributed by atoms with Crippen molar-refractivity contribution in [3.05, 3.63) is 11.6 Å². The van der Waals surface area contributed by atoms with Crippen molar-refractivity contribution in [1.29, 1.82) is 0 Å². The Morgan fingerprint density at radius 2 is 2.08 bits per heavy atom. The summed E-state index contributed by atoms with van der Waals surface area (Å²) in [6.45, 7) is 3.13. The molecule has 4 nitrogen and oxygen atoms in total.